The van der Waals surface area contributed by atoms with Gasteiger partial charge in [0.15, 0.2) is 0 Å². The van der Waals surface area contributed by atoms with Crippen LogP contribution in [0.3, 0.4) is 0 Å². The van der Waals surface area contributed by atoms with E-state index in [0.29, 0.717) is 11.1 Å². The maximum atomic E-state index is 13.0. The minimum absolute atomic E-state index is 0.00544. The number of likely N-dealkylation sites (tertiary alicyclic amines) is 1. The van der Waals surface area contributed by atoms with Gasteiger partial charge in [0.1, 0.15) is 0 Å². The summed E-state index contributed by atoms with van der Waals surface area (Å²) in [6, 6.07) is 2.74. The van der Waals surface area contributed by atoms with Crippen LogP contribution in [0.2, 0.25) is 0 Å². The van der Waals surface area contributed by atoms with Crippen molar-refractivity contribution in [1.29, 1.82) is 0 Å². The third-order valence-corrected chi connectivity index (χ3v) is 7.08. The van der Waals surface area contributed by atoms with Crippen molar-refractivity contribution in [2.75, 3.05) is 26.7 Å². The molecule has 0 saturated carbocycles. The molecule has 0 aliphatic carbocycles. The van der Waals surface area contributed by atoms with Gasteiger partial charge in [0, 0.05) is 13.1 Å². The van der Waals surface area contributed by atoms with Gasteiger partial charge in [0.2, 0.25) is 10.0 Å². The molecule has 0 radical (unpaired) electrons. The average molecular weight is 354 g/mol. The Morgan fingerprint density at radius 3 is 2.38 bits per heavy atom. The molecule has 0 atom stereocenters. The first-order valence-corrected chi connectivity index (χ1v) is 9.67. The van der Waals surface area contributed by atoms with Gasteiger partial charge >= 0.3 is 5.97 Å². The van der Waals surface area contributed by atoms with Crippen LogP contribution in [0, 0.1) is 13.8 Å². The van der Waals surface area contributed by atoms with Crippen LogP contribution in [0.1, 0.15) is 41.3 Å². The fourth-order valence-electron chi connectivity index (χ4n) is 3.17. The van der Waals surface area contributed by atoms with E-state index in [1.165, 1.54) is 16.4 Å². The Morgan fingerprint density at radius 2 is 1.88 bits per heavy atom. The van der Waals surface area contributed by atoms with Crippen LogP contribution in [-0.2, 0) is 10.0 Å². The van der Waals surface area contributed by atoms with Crippen molar-refractivity contribution >= 4 is 16.0 Å². The Hall–Kier alpha value is -1.44. The Bertz CT molecular complexity index is 722. The second-order valence-electron chi connectivity index (χ2n) is 6.41. The summed E-state index contributed by atoms with van der Waals surface area (Å²) in [4.78, 5) is 13.7. The van der Waals surface area contributed by atoms with Crippen LogP contribution in [-0.4, -0.2) is 61.4 Å². The van der Waals surface area contributed by atoms with Crippen molar-refractivity contribution in [2.24, 2.45) is 0 Å². The van der Waals surface area contributed by atoms with E-state index in [1.807, 2.05) is 0 Å². The number of piperidine rings is 1. The van der Waals surface area contributed by atoms with Crippen LogP contribution in [0.15, 0.2) is 17.0 Å². The monoisotopic (exact) mass is 354 g/mol. The number of nitrogens with zero attached hydrogens (tertiary/aromatic N) is 2. The number of hydrogen-bond donors (Lipinski definition) is 1. The average Bonchev–Trinajstić information content (AvgIpc) is 2.56. The highest BCUT2D eigenvalue weighted by Gasteiger charge is 2.32. The standard InChI is InChI=1S/C17H26N2O4S/c1-5-19-8-6-15(7-9-19)18(4)24(22,23)16-11-14(17(20)21)10-12(2)13(16)3/h10-11,15H,5-9H2,1-4H3,(H,20,21). The molecule has 1 saturated heterocycles. The van der Waals surface area contributed by atoms with Crippen molar-refractivity contribution in [2.45, 2.75) is 44.6 Å². The number of benzene rings is 1. The van der Waals surface area contributed by atoms with Crippen molar-refractivity contribution in [3.63, 3.8) is 0 Å². The lowest BCUT2D eigenvalue weighted by atomic mass is 10.1. The molecule has 1 aromatic carbocycles. The lowest BCUT2D eigenvalue weighted by Gasteiger charge is -2.35. The number of carbonyl (C=O) groups is 1. The number of sulfonamides is 1. The molecule has 0 aromatic heterocycles. The molecule has 24 heavy (non-hydrogen) atoms. The number of carboxylic acid groups (broad SMARTS) is 1. The molecule has 1 aliphatic rings. The highest BCUT2D eigenvalue weighted by Crippen LogP contribution is 2.27. The third kappa shape index (κ3) is 3.63. The number of hydrogen-bond acceptors (Lipinski definition) is 4. The first-order valence-electron chi connectivity index (χ1n) is 8.23. The van der Waals surface area contributed by atoms with Crippen molar-refractivity contribution < 1.29 is 18.3 Å². The van der Waals surface area contributed by atoms with Gasteiger partial charge in [-0.2, -0.15) is 4.31 Å². The summed E-state index contributed by atoms with van der Waals surface area (Å²) in [6.07, 6.45) is 1.58. The van der Waals surface area contributed by atoms with E-state index in [-0.39, 0.29) is 16.5 Å². The van der Waals surface area contributed by atoms with Crippen LogP contribution in [0.25, 0.3) is 0 Å². The highest BCUT2D eigenvalue weighted by atomic mass is 32.2. The van der Waals surface area contributed by atoms with E-state index in [2.05, 4.69) is 11.8 Å². The van der Waals surface area contributed by atoms with Gasteiger partial charge in [-0.25, -0.2) is 13.2 Å². The molecule has 7 heteroatoms. The van der Waals surface area contributed by atoms with Crippen LogP contribution >= 0.6 is 0 Å². The van der Waals surface area contributed by atoms with E-state index < -0.39 is 16.0 Å². The second-order valence-corrected chi connectivity index (χ2v) is 8.37. The summed E-state index contributed by atoms with van der Waals surface area (Å²) < 4.78 is 27.5. The third-order valence-electron chi connectivity index (χ3n) is 5.04. The molecule has 0 spiro atoms. The van der Waals surface area contributed by atoms with Gasteiger partial charge in [-0.1, -0.05) is 6.92 Å². The normalized spacial score (nSPS) is 17.4. The second kappa shape index (κ2) is 7.21. The smallest absolute Gasteiger partial charge is 0.335 e. The number of carboxylic acids is 1. The lowest BCUT2D eigenvalue weighted by Crippen LogP contribution is -2.45. The quantitative estimate of drug-likeness (QED) is 0.876. The number of rotatable bonds is 5. The van der Waals surface area contributed by atoms with Crippen LogP contribution < -0.4 is 0 Å². The summed E-state index contributed by atoms with van der Waals surface area (Å²) in [6.45, 7) is 8.30. The molecule has 1 N–H and O–H groups in total. The number of aryl methyl sites for hydroxylation is 1. The van der Waals surface area contributed by atoms with Crippen LogP contribution in [0.5, 0.6) is 0 Å². The van der Waals surface area contributed by atoms with Gasteiger partial charge in [-0.3, -0.25) is 0 Å². The molecule has 6 nitrogen and oxygen atoms in total. The molecule has 0 bridgehead atoms. The summed E-state index contributed by atoms with van der Waals surface area (Å²) in [5, 5.41) is 9.22. The zero-order valence-corrected chi connectivity index (χ0v) is 15.6. The van der Waals surface area contributed by atoms with E-state index >= 15 is 0 Å². The predicted octanol–water partition coefficient (Wildman–Crippen LogP) is 2.11. The van der Waals surface area contributed by atoms with Crippen molar-refractivity contribution in [1.82, 2.24) is 9.21 Å². The Morgan fingerprint density at radius 1 is 1.29 bits per heavy atom. The van der Waals surface area contributed by atoms with E-state index in [0.717, 1.165) is 32.5 Å². The minimum Gasteiger partial charge on any atom is -0.478 e. The summed E-state index contributed by atoms with van der Waals surface area (Å²) in [5.41, 5.74) is 1.28. The highest BCUT2D eigenvalue weighted by molar-refractivity contribution is 7.89. The largest absolute Gasteiger partial charge is 0.478 e. The molecule has 1 aromatic rings. The van der Waals surface area contributed by atoms with E-state index in [1.54, 1.807) is 20.9 Å². The molecule has 134 valence electrons. The first-order chi connectivity index (χ1) is 11.2. The predicted molar refractivity (Wildman–Crippen MR) is 93.0 cm³/mol. The van der Waals surface area contributed by atoms with Gasteiger partial charge in [-0.05, 0) is 69.6 Å². The van der Waals surface area contributed by atoms with Gasteiger partial charge in [0.25, 0.3) is 0 Å². The molecule has 0 unspecified atom stereocenters. The summed E-state index contributed by atoms with van der Waals surface area (Å²) >= 11 is 0. The Labute approximate surface area is 144 Å². The van der Waals surface area contributed by atoms with Gasteiger partial charge < -0.3 is 10.0 Å². The van der Waals surface area contributed by atoms with Crippen molar-refractivity contribution in [3.05, 3.63) is 28.8 Å². The minimum atomic E-state index is -3.72. The fraction of sp³-hybridized carbons (Fsp3) is 0.588. The summed E-state index contributed by atoms with van der Waals surface area (Å²) in [5.74, 6) is -1.12. The molecular weight excluding hydrogens is 328 g/mol. The Kier molecular flexibility index (Phi) is 5.67. The van der Waals surface area contributed by atoms with E-state index in [4.69, 9.17) is 0 Å². The van der Waals surface area contributed by atoms with Crippen molar-refractivity contribution in [3.8, 4) is 0 Å². The van der Waals surface area contributed by atoms with E-state index in [9.17, 15) is 18.3 Å². The molecule has 1 aliphatic heterocycles. The van der Waals surface area contributed by atoms with Gasteiger partial charge in [0.05, 0.1) is 10.5 Å². The maximum absolute atomic E-state index is 13.0. The summed E-state index contributed by atoms with van der Waals surface area (Å²) in [7, 11) is -2.12. The Balaban J connectivity index is 2.35. The fourth-order valence-corrected chi connectivity index (χ4v) is 4.91. The molecule has 1 fully saturated rings. The van der Waals surface area contributed by atoms with Crippen LogP contribution in [0.4, 0.5) is 0 Å². The molecule has 2 rings (SSSR count). The topological polar surface area (TPSA) is 77.9 Å². The zero-order chi connectivity index (χ0) is 18.1. The maximum Gasteiger partial charge on any atom is 0.335 e. The first kappa shape index (κ1) is 18.9. The molecule has 1 heterocycles. The van der Waals surface area contributed by atoms with Gasteiger partial charge in [-0.15, -0.1) is 0 Å². The number of aromatic carboxylic acids is 1. The SMILES string of the molecule is CCN1CCC(N(C)S(=O)(=O)c2cc(C(=O)O)cc(C)c2C)CC1. The lowest BCUT2D eigenvalue weighted by molar-refractivity contribution is 0.0696. The zero-order valence-electron chi connectivity index (χ0n) is 14.7. The molecular formula is C17H26N2O4S. The molecule has 0 amide bonds.